The fourth-order valence-corrected chi connectivity index (χ4v) is 11.4. The average molecular weight is 894 g/mol. The average Bonchev–Trinajstić information content (AvgIpc) is 3.73. The van der Waals surface area contributed by atoms with Crippen LogP contribution in [0.15, 0.2) is 66.8 Å². The zero-order chi connectivity index (χ0) is 44.0. The Kier molecular flexibility index (Phi) is 12.0. The monoisotopic (exact) mass is 893 g/mol. The maximum absolute atomic E-state index is 13.9. The number of benzene rings is 1. The number of aromatic nitrogens is 3. The lowest BCUT2D eigenvalue weighted by Gasteiger charge is -2.62. The van der Waals surface area contributed by atoms with E-state index >= 15 is 0 Å². The Morgan fingerprint density at radius 3 is 2.66 bits per heavy atom. The molecule has 6 heterocycles. The van der Waals surface area contributed by atoms with Gasteiger partial charge in [-0.25, -0.2) is 9.97 Å². The Morgan fingerprint density at radius 2 is 1.86 bits per heavy atom. The molecule has 2 saturated carbocycles. The number of fused-ring (bicyclic) bond motifs is 2. The van der Waals surface area contributed by atoms with E-state index in [0.29, 0.717) is 66.3 Å². The molecule has 1 spiro atoms. The molecule has 2 saturated heterocycles. The lowest BCUT2D eigenvalue weighted by molar-refractivity contribution is -0.431. The zero-order valence-corrected chi connectivity index (χ0v) is 37.5. The first-order chi connectivity index (χ1) is 30.9. The molecule has 2 unspecified atom stereocenters. The summed E-state index contributed by atoms with van der Waals surface area (Å²) in [6, 6.07) is 11.9. The maximum Gasteiger partial charge on any atom is 0.264 e. The second kappa shape index (κ2) is 17.8. The molecule has 340 valence electrons. The van der Waals surface area contributed by atoms with Crippen molar-refractivity contribution in [3.8, 4) is 23.1 Å². The molecule has 0 radical (unpaired) electrons. The molecule has 0 bridgehead atoms. The van der Waals surface area contributed by atoms with Gasteiger partial charge in [0.15, 0.2) is 5.75 Å². The van der Waals surface area contributed by atoms with E-state index in [0.717, 1.165) is 99.5 Å². The van der Waals surface area contributed by atoms with Gasteiger partial charge in [0.05, 0.1) is 28.8 Å². The first-order valence-corrected chi connectivity index (χ1v) is 23.8. The molecule has 3 aliphatic carbocycles. The number of aliphatic hydroxyl groups excluding tert-OH is 1. The highest BCUT2D eigenvalue weighted by atomic mass is 32.2. The molecule has 10 rings (SSSR count). The van der Waals surface area contributed by atoms with Gasteiger partial charge in [0.25, 0.3) is 17.5 Å². The smallest absolute Gasteiger partial charge is 0.264 e. The van der Waals surface area contributed by atoms with Crippen LogP contribution in [0.3, 0.4) is 0 Å². The number of carbonyl (C=O) groups excluding carboxylic acids is 1. The number of ether oxygens (including phenoxy) is 3. The summed E-state index contributed by atoms with van der Waals surface area (Å²) in [5.74, 6) is 2.41. The van der Waals surface area contributed by atoms with Gasteiger partial charge in [-0.3, -0.25) is 29.4 Å². The summed E-state index contributed by atoms with van der Waals surface area (Å²) >= 11 is 1.20. The number of carbonyl (C=O) groups is 1. The van der Waals surface area contributed by atoms with Crippen LogP contribution in [0.1, 0.15) is 81.1 Å². The van der Waals surface area contributed by atoms with Crippen molar-refractivity contribution in [2.75, 3.05) is 57.3 Å². The van der Waals surface area contributed by atoms with Gasteiger partial charge >= 0.3 is 0 Å². The van der Waals surface area contributed by atoms with Crippen LogP contribution < -0.4 is 29.1 Å². The molecule has 17 heteroatoms. The molecule has 3 aliphatic heterocycles. The molecule has 1 aromatic carbocycles. The number of hydrogen-bond donors (Lipinski definition) is 4. The molecular weight excluding hydrogens is 835 g/mol. The lowest BCUT2D eigenvalue weighted by atomic mass is 9.60. The number of nitrogens with zero attached hydrogens (tertiary/aromatic N) is 6. The number of piperazine rings is 1. The summed E-state index contributed by atoms with van der Waals surface area (Å²) in [6.07, 6.45) is 13.8. The standard InChI is InChI=1S/C47H59N9O7S/c1-46(2)29-61-42-32(12-14-49-45(42)63-46)26-53-15-17-54(18-16-53)34-22-47(23-34)27-55(28-47)33-5-9-38(41(20-33)62-36-19-31-11-13-48-43(31)51-25-36)44(58)52-64-37-8-10-39(40(21-37)56(59)60)50-24-30-3-6-35(57)7-4-30/h5,9,11-14,19-21,25,30,34-35,37,39,50,57H,3-4,6-8,10,15-18,22-24,26-29H2,1-2H3,(H,48,51)(H,52,58)/t30-,35-,37?,39?. The Morgan fingerprint density at radius 1 is 1.05 bits per heavy atom. The van der Waals surface area contributed by atoms with Crippen LogP contribution in [-0.4, -0.2) is 122 Å². The van der Waals surface area contributed by atoms with Crippen molar-refractivity contribution in [2.24, 2.45) is 11.3 Å². The molecule has 4 N–H and O–H groups in total. The molecule has 4 fully saturated rings. The summed E-state index contributed by atoms with van der Waals surface area (Å²) in [6.45, 7) is 12.1. The van der Waals surface area contributed by atoms with E-state index < -0.39 is 0 Å². The Balaban J connectivity index is 0.747. The number of amides is 1. The predicted octanol–water partition coefficient (Wildman–Crippen LogP) is 6.30. The molecule has 1 amide bonds. The maximum atomic E-state index is 13.9. The number of aliphatic hydroxyl groups is 1. The Labute approximate surface area is 377 Å². The fraction of sp³-hybridized carbons (Fsp3) is 0.553. The number of pyridine rings is 2. The molecule has 6 aliphatic rings. The number of hydrogen-bond acceptors (Lipinski definition) is 14. The van der Waals surface area contributed by atoms with Crippen LogP contribution in [-0.2, 0) is 6.54 Å². The number of H-pyrrole nitrogens is 1. The SMILES string of the molecule is CC1(C)COc2c(CN3CCN(C4CC5(C4)CN(c4ccc(C(=O)NSC6C=C([N+](=O)[O-])C(NC[C@H]7CC[C@H](O)CC7)CC6)c(Oc6cnc7[nH]ccc7c6)c4)C5)CC3)ccnc2O1. The minimum atomic E-state index is -0.381. The highest BCUT2D eigenvalue weighted by Crippen LogP contribution is 2.52. The summed E-state index contributed by atoms with van der Waals surface area (Å²) in [5.41, 5.74) is 3.32. The van der Waals surface area contributed by atoms with Gasteiger partial charge in [0.1, 0.15) is 29.4 Å². The fourth-order valence-electron chi connectivity index (χ4n) is 10.6. The summed E-state index contributed by atoms with van der Waals surface area (Å²) in [4.78, 5) is 45.3. The topological polar surface area (TPSA) is 183 Å². The summed E-state index contributed by atoms with van der Waals surface area (Å²) < 4.78 is 21.6. The third kappa shape index (κ3) is 9.27. The van der Waals surface area contributed by atoms with E-state index in [1.54, 1.807) is 12.3 Å². The molecule has 16 nitrogen and oxygen atoms in total. The zero-order valence-electron chi connectivity index (χ0n) is 36.7. The normalized spacial score (nSPS) is 25.6. The van der Waals surface area contributed by atoms with Crippen molar-refractivity contribution in [2.45, 2.75) is 101 Å². The summed E-state index contributed by atoms with van der Waals surface area (Å²) in [7, 11) is 0. The molecule has 2 atom stereocenters. The van der Waals surface area contributed by atoms with Gasteiger partial charge in [-0.1, -0.05) is 0 Å². The molecule has 64 heavy (non-hydrogen) atoms. The van der Waals surface area contributed by atoms with Crippen molar-refractivity contribution in [3.05, 3.63) is 88.0 Å². The quantitative estimate of drug-likeness (QED) is 0.0667. The second-order valence-corrected chi connectivity index (χ2v) is 20.5. The molecular formula is C47H59N9O7S. The van der Waals surface area contributed by atoms with Crippen LogP contribution >= 0.6 is 11.9 Å². The predicted molar refractivity (Wildman–Crippen MR) is 244 cm³/mol. The van der Waals surface area contributed by atoms with E-state index in [9.17, 15) is 20.0 Å². The van der Waals surface area contributed by atoms with E-state index in [-0.39, 0.29) is 39.5 Å². The largest absolute Gasteiger partial charge is 0.483 e. The van der Waals surface area contributed by atoms with E-state index in [1.807, 2.05) is 62.6 Å². The van der Waals surface area contributed by atoms with Gasteiger partial charge in [0, 0.05) is 104 Å². The second-order valence-electron chi connectivity index (χ2n) is 19.5. The van der Waals surface area contributed by atoms with Crippen LogP contribution in [0.25, 0.3) is 11.0 Å². The van der Waals surface area contributed by atoms with Gasteiger partial charge in [-0.15, -0.1) is 0 Å². The van der Waals surface area contributed by atoms with E-state index in [1.165, 1.54) is 24.8 Å². The highest BCUT2D eigenvalue weighted by Gasteiger charge is 2.54. The number of rotatable bonds is 13. The molecule has 3 aromatic heterocycles. The van der Waals surface area contributed by atoms with Crippen molar-refractivity contribution < 1.29 is 29.0 Å². The van der Waals surface area contributed by atoms with Crippen LogP contribution in [0.4, 0.5) is 5.69 Å². The first-order valence-electron chi connectivity index (χ1n) is 22.9. The Bertz CT molecular complexity index is 2380. The third-order valence-electron chi connectivity index (χ3n) is 14.2. The first kappa shape index (κ1) is 43.0. The van der Waals surface area contributed by atoms with E-state index in [2.05, 4.69) is 39.7 Å². The minimum absolute atomic E-state index is 0.147. The Hall–Kier alpha value is -4.94. The van der Waals surface area contributed by atoms with Crippen LogP contribution in [0.2, 0.25) is 0 Å². The summed E-state index contributed by atoms with van der Waals surface area (Å²) in [5, 5.41) is 26.1. The third-order valence-corrected chi connectivity index (χ3v) is 15.2. The van der Waals surface area contributed by atoms with Crippen molar-refractivity contribution >= 4 is 34.6 Å². The van der Waals surface area contributed by atoms with Crippen molar-refractivity contribution in [1.29, 1.82) is 0 Å². The minimum Gasteiger partial charge on any atom is -0.483 e. The number of nitrogens with one attached hydrogen (secondary N) is 3. The van der Waals surface area contributed by atoms with Gasteiger partial charge in [0.2, 0.25) is 0 Å². The lowest BCUT2D eigenvalue weighted by Crippen LogP contribution is -2.68. The van der Waals surface area contributed by atoms with Crippen molar-refractivity contribution in [3.63, 3.8) is 0 Å². The molecule has 4 aromatic rings. The van der Waals surface area contributed by atoms with Crippen LogP contribution in [0.5, 0.6) is 23.1 Å². The number of nitro groups is 1. The van der Waals surface area contributed by atoms with Gasteiger partial charge in [-0.2, -0.15) is 0 Å². The number of aromatic amines is 1. The van der Waals surface area contributed by atoms with Gasteiger partial charge < -0.3 is 34.5 Å². The van der Waals surface area contributed by atoms with E-state index in [4.69, 9.17) is 14.2 Å². The van der Waals surface area contributed by atoms with Gasteiger partial charge in [-0.05, 0) is 120 Å². The van der Waals surface area contributed by atoms with Crippen molar-refractivity contribution in [1.82, 2.24) is 34.8 Å². The number of anilines is 1. The highest BCUT2D eigenvalue weighted by molar-refractivity contribution is 7.98. The van der Waals surface area contributed by atoms with Crippen LogP contribution in [0, 0.1) is 21.4 Å².